The molecular formula is C36H61FN4O2. The third kappa shape index (κ3) is 13.6. The smallest absolute Gasteiger partial charge is 0.256 e. The normalized spacial score (nSPS) is 15.3. The summed E-state index contributed by atoms with van der Waals surface area (Å²) >= 11 is 0. The lowest BCUT2D eigenvalue weighted by atomic mass is 9.93. The topological polar surface area (TPSA) is 68.2 Å². The number of rotatable bonds is 16. The van der Waals surface area contributed by atoms with Crippen molar-refractivity contribution in [2.45, 2.75) is 99.5 Å². The molecule has 43 heavy (non-hydrogen) atoms. The van der Waals surface area contributed by atoms with Crippen LogP contribution in [0, 0.1) is 11.7 Å². The van der Waals surface area contributed by atoms with Gasteiger partial charge in [-0.25, -0.2) is 4.39 Å². The van der Waals surface area contributed by atoms with Crippen LogP contribution in [0.2, 0.25) is 0 Å². The summed E-state index contributed by atoms with van der Waals surface area (Å²) in [5.74, 6) is 1.14. The molecule has 0 bridgehead atoms. The second-order valence-electron chi connectivity index (χ2n) is 10.9. The maximum atomic E-state index is 13.5. The highest BCUT2D eigenvalue weighted by Crippen LogP contribution is 2.32. The van der Waals surface area contributed by atoms with Gasteiger partial charge in [-0.1, -0.05) is 58.9 Å². The summed E-state index contributed by atoms with van der Waals surface area (Å²) < 4.78 is 13.5. The molecule has 1 unspecified atom stereocenters. The molecule has 1 aromatic carbocycles. The van der Waals surface area contributed by atoms with E-state index in [1.807, 2.05) is 45.7 Å². The molecule has 1 aromatic rings. The Morgan fingerprint density at radius 1 is 1.14 bits per heavy atom. The molecule has 0 fully saturated rings. The van der Waals surface area contributed by atoms with Crippen molar-refractivity contribution in [1.29, 1.82) is 0 Å². The number of nitrogens with one attached hydrogen (secondary N) is 1. The lowest BCUT2D eigenvalue weighted by Crippen LogP contribution is -2.43. The maximum Gasteiger partial charge on any atom is 0.256 e. The molecular weight excluding hydrogens is 539 g/mol. The van der Waals surface area contributed by atoms with Crippen LogP contribution < -0.4 is 5.32 Å². The first kappa shape index (κ1) is 40.2. The number of hydrogen-bond donors (Lipinski definition) is 2. The zero-order valence-corrected chi connectivity index (χ0v) is 28.7. The average molecular weight is 601 g/mol. The van der Waals surface area contributed by atoms with Crippen molar-refractivity contribution in [2.24, 2.45) is 10.9 Å². The predicted molar refractivity (Wildman–Crippen MR) is 183 cm³/mol. The number of allylic oxidation sites excluding steroid dienone is 5. The lowest BCUT2D eigenvalue weighted by Gasteiger charge is -2.27. The Morgan fingerprint density at radius 3 is 2.16 bits per heavy atom. The Hall–Kier alpha value is -2.77. The van der Waals surface area contributed by atoms with Gasteiger partial charge in [0.15, 0.2) is 0 Å². The van der Waals surface area contributed by atoms with Gasteiger partial charge < -0.3 is 15.3 Å². The van der Waals surface area contributed by atoms with E-state index in [-0.39, 0.29) is 11.7 Å². The Bertz CT molecular complexity index is 1010. The van der Waals surface area contributed by atoms with Gasteiger partial charge in [0.1, 0.15) is 17.2 Å². The fourth-order valence-corrected chi connectivity index (χ4v) is 4.86. The van der Waals surface area contributed by atoms with Crippen molar-refractivity contribution in [1.82, 2.24) is 15.1 Å². The zero-order valence-electron chi connectivity index (χ0n) is 28.7. The van der Waals surface area contributed by atoms with Crippen LogP contribution in [0.4, 0.5) is 4.39 Å². The van der Waals surface area contributed by atoms with E-state index in [4.69, 9.17) is 10.1 Å². The first-order chi connectivity index (χ1) is 20.6. The molecule has 7 heteroatoms. The number of halogens is 1. The second kappa shape index (κ2) is 22.7. The van der Waals surface area contributed by atoms with Crippen LogP contribution in [0.15, 0.2) is 65.3 Å². The Morgan fingerprint density at radius 2 is 1.74 bits per heavy atom. The average Bonchev–Trinajstić information content (AvgIpc) is 3.32. The van der Waals surface area contributed by atoms with E-state index in [0.29, 0.717) is 37.7 Å². The third-order valence-electron chi connectivity index (χ3n) is 8.17. The minimum Gasteiger partial charge on any atom is -0.396 e. The number of amides is 1. The zero-order chi connectivity index (χ0) is 32.8. The molecule has 1 aliphatic heterocycles. The minimum absolute atomic E-state index is 0.0830. The molecule has 1 atom stereocenters. The predicted octanol–water partition coefficient (Wildman–Crippen LogP) is 7.75. The molecule has 1 heterocycles. The fraction of sp³-hybridized carbons (Fsp3) is 0.611. The summed E-state index contributed by atoms with van der Waals surface area (Å²) in [7, 11) is 1.88. The van der Waals surface area contributed by atoms with E-state index in [1.54, 1.807) is 18.2 Å². The molecule has 244 valence electrons. The standard InChI is InChI=1S/C27H42FN3O.C6H11N.C3H8O/c1-7-21(6)22(8-2)17-20-30(11-5)18-12-19-31-25(23-13-15-24(28)16-14-23)29-27(9-3,10-4)26(31)32;1-4-5-6(2)7-3;1-2-3-4/h7,13-16,22H,8-12,17-20H2,1-6H3;4-5,7H,1H2,2-3H3;4H,2-3H2,1H3/b21-7+;6-5+;. The van der Waals surface area contributed by atoms with E-state index in [2.05, 4.69) is 50.6 Å². The first-order valence-corrected chi connectivity index (χ1v) is 16.2. The van der Waals surface area contributed by atoms with Crippen LogP contribution in [0.1, 0.15) is 99.5 Å². The van der Waals surface area contributed by atoms with Crippen LogP contribution >= 0.6 is 0 Å². The summed E-state index contributed by atoms with van der Waals surface area (Å²) in [5.41, 5.74) is 2.73. The van der Waals surface area contributed by atoms with Crippen LogP contribution in [-0.4, -0.2) is 72.0 Å². The van der Waals surface area contributed by atoms with E-state index in [0.717, 1.165) is 43.7 Å². The molecule has 0 saturated carbocycles. The Balaban J connectivity index is 0.00000136. The molecule has 0 saturated heterocycles. The highest BCUT2D eigenvalue weighted by atomic mass is 19.1. The van der Waals surface area contributed by atoms with Gasteiger partial charge in [0.05, 0.1) is 0 Å². The first-order valence-electron chi connectivity index (χ1n) is 16.2. The summed E-state index contributed by atoms with van der Waals surface area (Å²) in [6.07, 6.45) is 11.4. The van der Waals surface area contributed by atoms with Gasteiger partial charge in [0.2, 0.25) is 0 Å². The third-order valence-corrected chi connectivity index (χ3v) is 8.17. The van der Waals surface area contributed by atoms with E-state index in [1.165, 1.54) is 30.5 Å². The highest BCUT2D eigenvalue weighted by molar-refractivity contribution is 6.15. The number of amidine groups is 1. The minimum atomic E-state index is -0.688. The Kier molecular flexibility index (Phi) is 21.3. The summed E-state index contributed by atoms with van der Waals surface area (Å²) in [6.45, 7) is 24.3. The monoisotopic (exact) mass is 600 g/mol. The largest absolute Gasteiger partial charge is 0.396 e. The van der Waals surface area contributed by atoms with Crippen LogP contribution in [0.3, 0.4) is 0 Å². The SMILES string of the molecule is C/C=C(\C)C(CC)CCN(CC)CCCN1C(=O)C(CC)(CC)N=C1c1ccc(F)cc1.C=C/C=C(\C)NC.CCCO. The van der Waals surface area contributed by atoms with Gasteiger partial charge in [-0.15, -0.1) is 0 Å². The number of benzene rings is 1. The van der Waals surface area contributed by atoms with Gasteiger partial charge >= 0.3 is 0 Å². The quantitative estimate of drug-likeness (QED) is 0.150. The van der Waals surface area contributed by atoms with Crippen molar-refractivity contribution in [3.63, 3.8) is 0 Å². The second-order valence-corrected chi connectivity index (χ2v) is 10.9. The molecule has 0 radical (unpaired) electrons. The van der Waals surface area contributed by atoms with Crippen LogP contribution in [0.25, 0.3) is 0 Å². The molecule has 6 nitrogen and oxygen atoms in total. The number of aliphatic hydroxyl groups excluding tert-OH is 1. The van der Waals surface area contributed by atoms with Gasteiger partial charge in [-0.05, 0) is 115 Å². The number of aliphatic imine (C=N–C) groups is 1. The summed E-state index contributed by atoms with van der Waals surface area (Å²) in [4.78, 5) is 22.6. The lowest BCUT2D eigenvalue weighted by molar-refractivity contribution is -0.131. The molecule has 1 amide bonds. The van der Waals surface area contributed by atoms with Gasteiger partial charge in [-0.2, -0.15) is 0 Å². The summed E-state index contributed by atoms with van der Waals surface area (Å²) in [6, 6.07) is 6.33. The van der Waals surface area contributed by atoms with Crippen molar-refractivity contribution < 1.29 is 14.3 Å². The van der Waals surface area contributed by atoms with E-state index < -0.39 is 5.54 Å². The van der Waals surface area contributed by atoms with Crippen LogP contribution in [-0.2, 0) is 4.79 Å². The van der Waals surface area contributed by atoms with E-state index in [9.17, 15) is 9.18 Å². The van der Waals surface area contributed by atoms with Crippen molar-refractivity contribution in [3.05, 3.63) is 71.7 Å². The molecule has 2 N–H and O–H groups in total. The van der Waals surface area contributed by atoms with Crippen molar-refractivity contribution in [2.75, 3.05) is 39.8 Å². The molecule has 0 aromatic heterocycles. The number of carbonyl (C=O) groups excluding carboxylic acids is 1. The molecule has 0 spiro atoms. The number of carbonyl (C=O) groups is 1. The fourth-order valence-electron chi connectivity index (χ4n) is 4.86. The van der Waals surface area contributed by atoms with Crippen molar-refractivity contribution in [3.8, 4) is 0 Å². The van der Waals surface area contributed by atoms with E-state index >= 15 is 0 Å². The van der Waals surface area contributed by atoms with Crippen molar-refractivity contribution >= 4 is 11.7 Å². The van der Waals surface area contributed by atoms with Gasteiger partial charge in [0.25, 0.3) is 5.91 Å². The molecule has 2 rings (SSSR count). The molecule has 1 aliphatic rings. The number of nitrogens with zero attached hydrogens (tertiary/aromatic N) is 3. The maximum absolute atomic E-state index is 13.5. The Labute approximate surface area is 262 Å². The highest BCUT2D eigenvalue weighted by Gasteiger charge is 2.45. The van der Waals surface area contributed by atoms with Gasteiger partial charge in [-0.3, -0.25) is 14.7 Å². The number of aliphatic hydroxyl groups is 1. The van der Waals surface area contributed by atoms with Crippen LogP contribution in [0.5, 0.6) is 0 Å². The molecule has 0 aliphatic carbocycles. The van der Waals surface area contributed by atoms with Gasteiger partial charge in [0, 0.05) is 31.5 Å². The number of hydrogen-bond acceptors (Lipinski definition) is 5. The summed E-state index contributed by atoms with van der Waals surface area (Å²) in [5, 5.41) is 10.8.